The molecule has 4 rings (SSSR count). The van der Waals surface area contributed by atoms with Crippen LogP contribution in [0.25, 0.3) is 10.9 Å². The van der Waals surface area contributed by atoms with Gasteiger partial charge in [-0.25, -0.2) is 16.8 Å². The van der Waals surface area contributed by atoms with Crippen LogP contribution in [0.5, 0.6) is 0 Å². The minimum atomic E-state index is -3.87. The Morgan fingerprint density at radius 2 is 1.55 bits per heavy atom. The lowest BCUT2D eigenvalue weighted by atomic mass is 9.77. The number of hydrogen-bond donors (Lipinski definition) is 0. The summed E-state index contributed by atoms with van der Waals surface area (Å²) in [5.74, 6) is -0.554. The predicted octanol–water partition coefficient (Wildman–Crippen LogP) is 3.63. The van der Waals surface area contributed by atoms with Crippen molar-refractivity contribution in [2.75, 3.05) is 0 Å². The SMILES string of the molecule is Cc1ccc(S(=O)(=O)n2ccc3c(B4OC(C)(C)C(C)(C)O4)cc(F)cc32)cc1. The molecule has 5 nitrogen and oxygen atoms in total. The van der Waals surface area contributed by atoms with E-state index in [2.05, 4.69) is 0 Å². The van der Waals surface area contributed by atoms with Gasteiger partial charge in [-0.05, 0) is 70.4 Å². The van der Waals surface area contributed by atoms with Gasteiger partial charge < -0.3 is 9.31 Å². The van der Waals surface area contributed by atoms with Crippen LogP contribution < -0.4 is 5.46 Å². The molecule has 0 saturated carbocycles. The number of hydrogen-bond acceptors (Lipinski definition) is 4. The van der Waals surface area contributed by atoms with Crippen molar-refractivity contribution >= 4 is 33.5 Å². The highest BCUT2D eigenvalue weighted by molar-refractivity contribution is 7.90. The predicted molar refractivity (Wildman–Crippen MR) is 111 cm³/mol. The molecule has 0 bridgehead atoms. The van der Waals surface area contributed by atoms with Crippen molar-refractivity contribution in [2.24, 2.45) is 0 Å². The summed E-state index contributed by atoms with van der Waals surface area (Å²) < 4.78 is 54.0. The van der Waals surface area contributed by atoms with Gasteiger partial charge in [-0.2, -0.15) is 0 Å². The van der Waals surface area contributed by atoms with Gasteiger partial charge in [0.2, 0.25) is 0 Å². The van der Waals surface area contributed by atoms with E-state index in [1.54, 1.807) is 30.3 Å². The smallest absolute Gasteiger partial charge is 0.399 e. The van der Waals surface area contributed by atoms with Crippen molar-refractivity contribution in [2.45, 2.75) is 50.7 Å². The molecule has 0 amide bonds. The van der Waals surface area contributed by atoms with Crippen LogP contribution in [0.1, 0.15) is 33.3 Å². The minimum Gasteiger partial charge on any atom is -0.399 e. The average Bonchev–Trinajstić information content (AvgIpc) is 3.13. The Kier molecular flexibility index (Phi) is 4.46. The van der Waals surface area contributed by atoms with Gasteiger partial charge in [-0.1, -0.05) is 17.7 Å². The maximum atomic E-state index is 14.5. The lowest BCUT2D eigenvalue weighted by Gasteiger charge is -2.32. The molecule has 0 radical (unpaired) electrons. The van der Waals surface area contributed by atoms with Crippen LogP contribution in [0.4, 0.5) is 4.39 Å². The fourth-order valence-corrected chi connectivity index (χ4v) is 4.75. The summed E-state index contributed by atoms with van der Waals surface area (Å²) in [5.41, 5.74) is 0.488. The Morgan fingerprint density at radius 3 is 2.14 bits per heavy atom. The quantitative estimate of drug-likeness (QED) is 0.614. The van der Waals surface area contributed by atoms with Crippen LogP contribution in [-0.2, 0) is 19.3 Å². The molecule has 0 spiro atoms. The third-order valence-electron chi connectivity index (χ3n) is 5.85. The first kappa shape index (κ1) is 20.1. The number of aryl methyl sites for hydroxylation is 1. The summed E-state index contributed by atoms with van der Waals surface area (Å²) in [4.78, 5) is 0.141. The molecule has 8 heteroatoms. The summed E-state index contributed by atoms with van der Waals surface area (Å²) >= 11 is 0. The maximum Gasteiger partial charge on any atom is 0.495 e. The van der Waals surface area contributed by atoms with Crippen LogP contribution in [-0.4, -0.2) is 30.7 Å². The van der Waals surface area contributed by atoms with E-state index in [1.165, 1.54) is 18.3 Å². The molecule has 29 heavy (non-hydrogen) atoms. The monoisotopic (exact) mass is 415 g/mol. The summed E-state index contributed by atoms with van der Waals surface area (Å²) in [7, 11) is -4.67. The minimum absolute atomic E-state index is 0.141. The van der Waals surface area contributed by atoms with Gasteiger partial charge in [-0.15, -0.1) is 0 Å². The first-order valence-electron chi connectivity index (χ1n) is 9.41. The van der Waals surface area contributed by atoms with Gasteiger partial charge >= 0.3 is 7.12 Å². The molecule has 2 heterocycles. The van der Waals surface area contributed by atoms with Crippen LogP contribution >= 0.6 is 0 Å². The number of benzene rings is 2. The van der Waals surface area contributed by atoms with Crippen LogP contribution in [0.3, 0.4) is 0 Å². The number of fused-ring (bicyclic) bond motifs is 1. The van der Waals surface area contributed by atoms with Crippen LogP contribution in [0.15, 0.2) is 53.6 Å². The maximum absolute atomic E-state index is 14.5. The molecule has 1 aromatic heterocycles. The molecule has 0 N–H and O–H groups in total. The zero-order chi connectivity index (χ0) is 21.2. The highest BCUT2D eigenvalue weighted by atomic mass is 32.2. The van der Waals surface area contributed by atoms with E-state index in [1.807, 2.05) is 34.6 Å². The highest BCUT2D eigenvalue weighted by Gasteiger charge is 2.52. The highest BCUT2D eigenvalue weighted by Crippen LogP contribution is 2.37. The Hall–Kier alpha value is -2.16. The second-order valence-electron chi connectivity index (χ2n) is 8.45. The Balaban J connectivity index is 1.86. The van der Waals surface area contributed by atoms with E-state index < -0.39 is 34.2 Å². The van der Waals surface area contributed by atoms with Crippen molar-refractivity contribution in [1.29, 1.82) is 0 Å². The molecule has 0 aliphatic carbocycles. The van der Waals surface area contributed by atoms with Crippen LogP contribution in [0.2, 0.25) is 0 Å². The van der Waals surface area contributed by atoms with E-state index in [-0.39, 0.29) is 10.4 Å². The van der Waals surface area contributed by atoms with Gasteiger partial charge in [0.25, 0.3) is 10.0 Å². The molecular formula is C21H23BFNO4S. The molecule has 1 aliphatic rings. The van der Waals surface area contributed by atoms with Crippen molar-refractivity contribution in [3.05, 3.63) is 60.0 Å². The number of rotatable bonds is 3. The standard InChI is InChI=1S/C21H23BFNO4S/c1-14-6-8-16(9-7-14)29(25,26)24-11-10-17-18(12-15(23)13-19(17)24)22-27-20(2,3)21(4,5)28-22/h6-13H,1-5H3. The number of nitrogens with zero attached hydrogens (tertiary/aromatic N) is 1. The summed E-state index contributed by atoms with van der Waals surface area (Å²) in [6, 6.07) is 10.8. The van der Waals surface area contributed by atoms with Gasteiger partial charge in [0, 0.05) is 11.6 Å². The Bertz CT molecular complexity index is 1180. The van der Waals surface area contributed by atoms with E-state index in [4.69, 9.17) is 9.31 Å². The van der Waals surface area contributed by atoms with Crippen molar-refractivity contribution < 1.29 is 22.1 Å². The van der Waals surface area contributed by atoms with Gasteiger partial charge in [0.1, 0.15) is 5.82 Å². The lowest BCUT2D eigenvalue weighted by molar-refractivity contribution is 0.00578. The zero-order valence-electron chi connectivity index (χ0n) is 17.1. The summed E-state index contributed by atoms with van der Waals surface area (Å²) in [6.45, 7) is 9.54. The summed E-state index contributed by atoms with van der Waals surface area (Å²) in [5, 5.41) is 0.570. The van der Waals surface area contributed by atoms with Gasteiger partial charge in [-0.3, -0.25) is 0 Å². The van der Waals surface area contributed by atoms with Crippen molar-refractivity contribution in [1.82, 2.24) is 3.97 Å². The third-order valence-corrected chi connectivity index (χ3v) is 7.56. The van der Waals surface area contributed by atoms with E-state index in [0.29, 0.717) is 10.8 Å². The zero-order valence-corrected chi connectivity index (χ0v) is 17.9. The molecule has 1 fully saturated rings. The lowest BCUT2D eigenvalue weighted by Crippen LogP contribution is -2.41. The molecule has 1 saturated heterocycles. The van der Waals surface area contributed by atoms with Crippen molar-refractivity contribution in [3.63, 3.8) is 0 Å². The van der Waals surface area contributed by atoms with Gasteiger partial charge in [0.15, 0.2) is 0 Å². The first-order valence-corrected chi connectivity index (χ1v) is 10.8. The molecule has 2 aromatic carbocycles. The molecule has 3 aromatic rings. The first-order chi connectivity index (χ1) is 13.4. The number of halogens is 1. The normalized spacial score (nSPS) is 18.5. The third kappa shape index (κ3) is 3.19. The van der Waals surface area contributed by atoms with Crippen LogP contribution in [0, 0.1) is 12.7 Å². The molecule has 0 unspecified atom stereocenters. The second kappa shape index (κ2) is 6.42. The topological polar surface area (TPSA) is 57.5 Å². The number of aromatic nitrogens is 1. The summed E-state index contributed by atoms with van der Waals surface area (Å²) in [6.07, 6.45) is 1.44. The fraction of sp³-hybridized carbons (Fsp3) is 0.333. The van der Waals surface area contributed by atoms with E-state index in [0.717, 1.165) is 9.54 Å². The fourth-order valence-electron chi connectivity index (χ4n) is 3.41. The Labute approximate surface area is 170 Å². The second-order valence-corrected chi connectivity index (χ2v) is 10.3. The van der Waals surface area contributed by atoms with E-state index in [9.17, 15) is 12.8 Å². The molecular weight excluding hydrogens is 392 g/mol. The molecule has 0 atom stereocenters. The van der Waals surface area contributed by atoms with Crippen molar-refractivity contribution in [3.8, 4) is 0 Å². The largest absolute Gasteiger partial charge is 0.495 e. The molecule has 152 valence electrons. The Morgan fingerprint density at radius 1 is 0.966 bits per heavy atom. The van der Waals surface area contributed by atoms with E-state index >= 15 is 0 Å². The average molecular weight is 415 g/mol. The molecule has 1 aliphatic heterocycles. The van der Waals surface area contributed by atoms with Gasteiger partial charge in [0.05, 0.1) is 21.6 Å².